The molecule has 0 unspecified atom stereocenters. The molecule has 0 aliphatic carbocycles. The van der Waals surface area contributed by atoms with Crippen LogP contribution in [0.3, 0.4) is 0 Å². The molecule has 0 spiro atoms. The maximum absolute atomic E-state index is 11.8. The van der Waals surface area contributed by atoms with Gasteiger partial charge in [-0.25, -0.2) is 49.8 Å². The van der Waals surface area contributed by atoms with Gasteiger partial charge in [0, 0.05) is 114 Å². The molecule has 0 atom stereocenters. The lowest BCUT2D eigenvalue weighted by atomic mass is 9.82. The second-order valence-corrected chi connectivity index (χ2v) is 36.5. The SMILES string of the molecule is CC(C)(C)c1ccnc2c1C(=O)CCO2.CC(C)(C)c1ccnc2c1CCCO2.CC(C)(C)c1ccnc2c1NC=CN2.CC(C)(C)c1ccnc2c1OC=CO2.CC(C)(C)c1ccnc2c1OCCC2.CC(C)(C)c1ccnc2c1OCCO2.CC(C)(C)c1ccnc2ncccc12.CC(C)(C)c1ccnc2ncncc12. The van der Waals surface area contributed by atoms with Gasteiger partial charge in [-0.2, -0.15) is 0 Å². The molecule has 0 fully saturated rings. The highest BCUT2D eigenvalue weighted by Gasteiger charge is 2.31. The molecule has 0 saturated carbocycles. The Morgan fingerprint density at radius 2 is 0.779 bits per heavy atom. The predicted molar refractivity (Wildman–Crippen MR) is 452 cm³/mol. The number of fused-ring (bicyclic) bond motifs is 8. The summed E-state index contributed by atoms with van der Waals surface area (Å²) in [6.45, 7) is 55.5. The topological polar surface area (TPSA) is 248 Å². The van der Waals surface area contributed by atoms with Crippen molar-refractivity contribution in [3.8, 4) is 40.8 Å². The Kier molecular flexibility index (Phi) is 27.8. The molecule has 6 aliphatic rings. The zero-order valence-electron chi connectivity index (χ0n) is 71.2. The van der Waals surface area contributed by atoms with E-state index in [1.165, 1.54) is 52.2 Å². The molecule has 113 heavy (non-hydrogen) atoms. The maximum atomic E-state index is 11.8. The number of carbonyl (C=O) groups is 1. The fraction of sp³-hybridized carbons (Fsp3) is 0.457. The number of aryl methyl sites for hydroxylation is 1. The zero-order chi connectivity index (χ0) is 82.3. The second kappa shape index (κ2) is 36.4. The lowest BCUT2D eigenvalue weighted by Gasteiger charge is -2.26. The Morgan fingerprint density at radius 1 is 0.336 bits per heavy atom. The average molecular weight is 1540 g/mol. The lowest BCUT2D eigenvalue weighted by Crippen LogP contribution is -2.23. The third-order valence-electron chi connectivity index (χ3n) is 19.0. The minimum Gasteiger partial charge on any atom is -0.491 e. The molecule has 16 heterocycles. The van der Waals surface area contributed by atoms with Crippen LogP contribution in [0, 0.1) is 0 Å². The van der Waals surface area contributed by atoms with Gasteiger partial charge < -0.3 is 43.8 Å². The first-order chi connectivity index (χ1) is 53.1. The number of hydrogen-bond donors (Lipinski definition) is 2. The van der Waals surface area contributed by atoms with Crippen LogP contribution in [-0.4, -0.2) is 93.6 Å². The molecule has 21 heteroatoms. The molecule has 6 aliphatic heterocycles. The summed E-state index contributed by atoms with van der Waals surface area (Å²) in [6, 6.07) is 20.3. The highest BCUT2D eigenvalue weighted by molar-refractivity contribution is 6.00. The van der Waals surface area contributed by atoms with E-state index in [9.17, 15) is 4.79 Å². The third kappa shape index (κ3) is 23.0. The van der Waals surface area contributed by atoms with Gasteiger partial charge in [0.2, 0.25) is 11.8 Å². The van der Waals surface area contributed by atoms with E-state index in [-0.39, 0.29) is 49.1 Å². The monoisotopic (exact) mass is 1530 g/mol. The van der Waals surface area contributed by atoms with Crippen molar-refractivity contribution in [2.45, 2.75) is 242 Å². The van der Waals surface area contributed by atoms with Crippen LogP contribution in [0.25, 0.3) is 22.1 Å². The fourth-order valence-corrected chi connectivity index (χ4v) is 13.3. The average Bonchev–Trinajstić information content (AvgIpc) is 0.791. The molecule has 0 saturated heterocycles. The van der Waals surface area contributed by atoms with Gasteiger partial charge in [-0.1, -0.05) is 166 Å². The Bertz CT molecular complexity index is 4600. The number of rotatable bonds is 0. The van der Waals surface area contributed by atoms with E-state index >= 15 is 0 Å². The lowest BCUT2D eigenvalue weighted by molar-refractivity contribution is 0.0926. The molecule has 10 aromatic rings. The van der Waals surface area contributed by atoms with Crippen LogP contribution in [0.2, 0.25) is 0 Å². The number of Topliss-reactive ketones (excluding diaryl/α,β-unsaturated/α-hetero) is 1. The minimum absolute atomic E-state index is 0.0293. The van der Waals surface area contributed by atoms with Crippen LogP contribution in [0.15, 0.2) is 154 Å². The third-order valence-corrected chi connectivity index (χ3v) is 19.0. The molecule has 2 N–H and O–H groups in total. The van der Waals surface area contributed by atoms with Crippen LogP contribution in [0.1, 0.15) is 252 Å². The number of carbonyl (C=O) groups excluding carboxylic acids is 1. The van der Waals surface area contributed by atoms with Crippen LogP contribution < -0.4 is 43.8 Å². The van der Waals surface area contributed by atoms with E-state index in [4.69, 9.17) is 33.2 Å². The van der Waals surface area contributed by atoms with Gasteiger partial charge in [0.15, 0.2) is 34.4 Å². The molecule has 0 radical (unpaired) electrons. The van der Waals surface area contributed by atoms with Crippen molar-refractivity contribution >= 4 is 39.4 Å². The van der Waals surface area contributed by atoms with E-state index in [1.54, 1.807) is 31.0 Å². The molecular formula is C92H119N13O8. The summed E-state index contributed by atoms with van der Waals surface area (Å²) in [6.07, 6.45) is 31.2. The minimum atomic E-state index is -0.0522. The number of nitrogens with zero attached hydrogens (tertiary/aromatic N) is 11. The summed E-state index contributed by atoms with van der Waals surface area (Å²) >= 11 is 0. The molecule has 0 amide bonds. The van der Waals surface area contributed by atoms with Gasteiger partial charge in [0.25, 0.3) is 11.8 Å². The molecular weight excluding hydrogens is 1420 g/mol. The van der Waals surface area contributed by atoms with Crippen LogP contribution in [0.5, 0.6) is 40.8 Å². The van der Waals surface area contributed by atoms with Gasteiger partial charge in [-0.05, 0) is 157 Å². The van der Waals surface area contributed by atoms with Crippen molar-refractivity contribution in [1.29, 1.82) is 0 Å². The Morgan fingerprint density at radius 3 is 1.42 bits per heavy atom. The van der Waals surface area contributed by atoms with E-state index < -0.39 is 0 Å². The van der Waals surface area contributed by atoms with Crippen LogP contribution in [0.4, 0.5) is 11.5 Å². The number of ether oxygens (including phenoxy) is 7. The first kappa shape index (κ1) is 86.3. The Balaban J connectivity index is 0.000000148. The van der Waals surface area contributed by atoms with Crippen molar-refractivity contribution in [2.75, 3.05) is 43.7 Å². The normalized spacial score (nSPS) is 14.4. The van der Waals surface area contributed by atoms with Gasteiger partial charge in [0.05, 0.1) is 36.8 Å². The van der Waals surface area contributed by atoms with Gasteiger partial charge in [-0.15, -0.1) is 0 Å². The maximum Gasteiger partial charge on any atom is 0.262 e. The predicted octanol–water partition coefficient (Wildman–Crippen LogP) is 20.5. The van der Waals surface area contributed by atoms with E-state index in [0.29, 0.717) is 49.4 Å². The first-order valence-electron chi connectivity index (χ1n) is 39.2. The molecule has 0 aromatic carbocycles. The van der Waals surface area contributed by atoms with Gasteiger partial charge >= 0.3 is 0 Å². The number of pyridine rings is 9. The molecule has 10 aromatic heterocycles. The van der Waals surface area contributed by atoms with E-state index in [2.05, 4.69) is 262 Å². The van der Waals surface area contributed by atoms with Crippen LogP contribution >= 0.6 is 0 Å². The first-order valence-corrected chi connectivity index (χ1v) is 39.2. The smallest absolute Gasteiger partial charge is 0.262 e. The number of nitrogens with one attached hydrogen (secondary N) is 2. The standard InChI is InChI=1S/C12H14N2.C12H15NO2.2C12H17NO.C11H13N3.C11H15N3.C11H15NO2.C11H13NO2/c1-12(2,3)10-6-8-14-11-9(10)5-4-7-13-11;1-12(2,3)8-4-6-13-11-10(8)9(14)5-7-15-11;1-12(2,3)9-6-7-13-10-5-4-8-14-11(9)10;1-12(2,3)10-6-7-13-11-9(10)5-4-8-14-11;1-11(2,3)9-4-5-13-10-8(9)6-12-7-14-10;1-11(2,3)8-4-5-13-10-9(8)12-6-7-14-10;2*1-11(2,3)8-4-5-12-10-9(8)13-6-7-14-10/h4-8H,1-3H3;4,6H,5,7H2,1-3H3;2*6-7H,4-5,8H2,1-3H3;4-7H,1-3H3;4-7,12H,1-3H3,(H,13,14);4-5H,6-7H2,1-3H3;4-7H,1-3H3. The van der Waals surface area contributed by atoms with E-state index in [1.807, 2.05) is 73.7 Å². The quantitative estimate of drug-likeness (QED) is 0.143. The summed E-state index contributed by atoms with van der Waals surface area (Å²) in [7, 11) is 0. The zero-order valence-corrected chi connectivity index (χ0v) is 71.2. The van der Waals surface area contributed by atoms with Crippen LogP contribution in [-0.2, 0) is 56.2 Å². The van der Waals surface area contributed by atoms with E-state index in [0.717, 1.165) is 118 Å². The Hall–Kier alpha value is -10.7. The van der Waals surface area contributed by atoms with Crippen molar-refractivity contribution in [3.63, 3.8) is 0 Å². The second-order valence-electron chi connectivity index (χ2n) is 36.5. The summed E-state index contributed by atoms with van der Waals surface area (Å²) < 4.78 is 38.3. The number of ketones is 1. The Labute approximate surface area is 669 Å². The van der Waals surface area contributed by atoms with Gasteiger partial charge in [-0.3, -0.25) is 9.78 Å². The van der Waals surface area contributed by atoms with Crippen molar-refractivity contribution < 1.29 is 38.0 Å². The molecule has 600 valence electrons. The van der Waals surface area contributed by atoms with Crippen molar-refractivity contribution in [3.05, 3.63) is 215 Å². The fourth-order valence-electron chi connectivity index (χ4n) is 13.3. The summed E-state index contributed by atoms with van der Waals surface area (Å²) in [4.78, 5) is 57.9. The number of aromatic nitrogens is 11. The van der Waals surface area contributed by atoms with Gasteiger partial charge in [0.1, 0.15) is 37.8 Å². The number of anilines is 2. The number of hydrogen-bond acceptors (Lipinski definition) is 21. The molecule has 21 nitrogen and oxygen atoms in total. The molecule has 0 bridgehead atoms. The molecule has 16 rings (SSSR count). The highest BCUT2D eigenvalue weighted by Crippen LogP contribution is 2.42. The summed E-state index contributed by atoms with van der Waals surface area (Å²) in [5, 5.41) is 8.55. The summed E-state index contributed by atoms with van der Waals surface area (Å²) in [5.74, 6) is 6.14. The van der Waals surface area contributed by atoms with Crippen molar-refractivity contribution in [2.24, 2.45) is 0 Å². The largest absolute Gasteiger partial charge is 0.491 e. The highest BCUT2D eigenvalue weighted by atomic mass is 16.6. The van der Waals surface area contributed by atoms with Crippen molar-refractivity contribution in [1.82, 2.24) is 54.8 Å². The summed E-state index contributed by atoms with van der Waals surface area (Å²) in [5.41, 5.74) is 16.3.